The minimum Gasteiger partial charge on any atom is -0.394 e. The third-order valence-electron chi connectivity index (χ3n) is 17.5. The normalized spacial score (nSPS) is 31.6. The van der Waals surface area contributed by atoms with E-state index in [2.05, 4.69) is 0 Å². The van der Waals surface area contributed by atoms with Crippen LogP contribution in [0.25, 0.3) is 0 Å². The van der Waals surface area contributed by atoms with E-state index in [-0.39, 0.29) is 52.9 Å². The molecule has 7 aromatic rings. The van der Waals surface area contributed by atoms with E-state index in [1.165, 1.54) is 0 Å². The van der Waals surface area contributed by atoms with E-state index in [9.17, 15) is 15.3 Å². The zero-order valence-electron chi connectivity index (χ0n) is 52.7. The Balaban J connectivity index is 1.02. The lowest BCUT2D eigenvalue weighted by Crippen LogP contribution is -2.68. The summed E-state index contributed by atoms with van der Waals surface area (Å²) in [5, 5.41) is 33.7. The number of benzene rings is 7. The van der Waals surface area contributed by atoms with Gasteiger partial charge in [-0.25, -0.2) is 0 Å². The first kappa shape index (κ1) is 67.3. The highest BCUT2D eigenvalue weighted by Crippen LogP contribution is 2.41. The molecule has 0 saturated carbocycles. The average molecular weight is 1260 g/mol. The minimum absolute atomic E-state index is 0.0423. The highest BCUT2D eigenvalue weighted by atomic mass is 16.8. The summed E-state index contributed by atoms with van der Waals surface area (Å²) in [6, 6.07) is 69.2. The summed E-state index contributed by atoms with van der Waals surface area (Å²) < 4.78 is 99.2. The minimum atomic E-state index is -1.43. The molecule has 20 atom stereocenters. The molecule has 92 heavy (non-hydrogen) atoms. The maximum atomic E-state index is 11.7. The van der Waals surface area contributed by atoms with E-state index >= 15 is 0 Å². The van der Waals surface area contributed by atoms with Crippen LogP contribution in [0.4, 0.5) is 0 Å². The van der Waals surface area contributed by atoms with Gasteiger partial charge in [0, 0.05) is 5.92 Å². The molecule has 0 aromatic heterocycles. The summed E-state index contributed by atoms with van der Waals surface area (Å²) in [6.45, 7) is 8.31. The number of hydrogen-bond donors (Lipinski definition) is 3. The molecule has 4 heterocycles. The Hall–Kier alpha value is -6.14. The van der Waals surface area contributed by atoms with Crippen molar-refractivity contribution in [2.24, 2.45) is 5.92 Å². The quantitative estimate of drug-likeness (QED) is 0.0401. The van der Waals surface area contributed by atoms with Crippen LogP contribution in [0.3, 0.4) is 0 Å². The van der Waals surface area contributed by atoms with Gasteiger partial charge in [0.05, 0.1) is 83.9 Å². The molecule has 490 valence electrons. The van der Waals surface area contributed by atoms with E-state index in [4.69, 9.17) is 66.3 Å². The second-order valence-corrected chi connectivity index (χ2v) is 24.2. The Morgan fingerprint density at radius 3 is 1.04 bits per heavy atom. The van der Waals surface area contributed by atoms with Crippen LogP contribution in [0.5, 0.6) is 0 Å². The first-order valence-electron chi connectivity index (χ1n) is 32.2. The van der Waals surface area contributed by atoms with Gasteiger partial charge in [0.1, 0.15) is 73.2 Å². The fraction of sp³-hybridized carbons (Fsp3) is 0.440. The Labute approximate surface area is 540 Å². The highest BCUT2D eigenvalue weighted by Gasteiger charge is 2.57. The Morgan fingerprint density at radius 1 is 0.293 bits per heavy atom. The predicted octanol–water partition coefficient (Wildman–Crippen LogP) is 10.2. The van der Waals surface area contributed by atoms with Crippen LogP contribution in [0.1, 0.15) is 66.6 Å². The van der Waals surface area contributed by atoms with Gasteiger partial charge < -0.3 is 81.6 Å². The van der Waals surface area contributed by atoms with Gasteiger partial charge in [-0.2, -0.15) is 0 Å². The van der Waals surface area contributed by atoms with Crippen molar-refractivity contribution in [3.8, 4) is 0 Å². The standard InChI is InChI=1S/C75H88O17/c1-49-62(77)63(78)60(40-76)88-73(49)92-72-70(65(81-43-55-30-16-7-17-31-55)51(3)87-75(72)90-66-52(4)86-50(2)64(80-42-54-28-14-6-15-29-54)68(66)83-45-57-34-20-9-21-35-57)91-74-71(85-47-59-38-24-11-25-39-59)69(84-46-58-36-22-10-23-37-58)67(82-44-56-32-18-8-19-33-56)61(89-74)48-79-41-53-26-12-5-13-27-53/h5-39,49-52,60-78H,40-48H2,1-4H3/t49?,50?,51?,52-,60?,61+,62+,63-,64-,65-,66?,67+,68+,69?,70+,71?,72?,73-,74+,75-/m0/s1. The molecule has 7 aromatic carbocycles. The van der Waals surface area contributed by atoms with Crippen molar-refractivity contribution in [3.63, 3.8) is 0 Å². The number of ether oxygens (including phenoxy) is 14. The van der Waals surface area contributed by atoms with Gasteiger partial charge in [-0.05, 0) is 59.7 Å². The zero-order chi connectivity index (χ0) is 63.6. The third-order valence-corrected chi connectivity index (χ3v) is 17.5. The first-order valence-corrected chi connectivity index (χ1v) is 32.2. The molecule has 17 nitrogen and oxygen atoms in total. The molecule has 0 spiro atoms. The molecule has 17 heteroatoms. The first-order chi connectivity index (χ1) is 45.1. The van der Waals surface area contributed by atoms with Gasteiger partial charge in [0.25, 0.3) is 0 Å². The van der Waals surface area contributed by atoms with E-state index in [1.807, 2.05) is 233 Å². The number of aliphatic hydroxyl groups excluding tert-OH is 3. The summed E-state index contributed by atoms with van der Waals surface area (Å²) in [7, 11) is 0. The molecule has 8 unspecified atom stereocenters. The summed E-state index contributed by atoms with van der Waals surface area (Å²) in [5.41, 5.74) is 6.50. The van der Waals surface area contributed by atoms with Crippen molar-refractivity contribution in [2.75, 3.05) is 13.2 Å². The molecular formula is C75H88O17. The fourth-order valence-electron chi connectivity index (χ4n) is 12.4. The summed E-state index contributed by atoms with van der Waals surface area (Å²) in [4.78, 5) is 0. The molecule has 0 radical (unpaired) electrons. The van der Waals surface area contributed by atoms with Gasteiger partial charge in [0.15, 0.2) is 18.9 Å². The number of hydrogen-bond acceptors (Lipinski definition) is 17. The molecular weight excluding hydrogens is 1170 g/mol. The molecule has 4 aliphatic rings. The van der Waals surface area contributed by atoms with Crippen LogP contribution in [-0.4, -0.2) is 145 Å². The van der Waals surface area contributed by atoms with E-state index in [0.29, 0.717) is 0 Å². The SMILES string of the molecule is CC1[C@H](OC2[C@H](OC3[C@H](C)OC(C)[C@H](OCc4ccccc4)[C@H]3OCc3ccccc3)OC(C)[C@H](OCc3ccccc3)[C@H]2O[C@H]2O[C@H](COCc3ccccc3)[C@@H](OCc3ccccc3)C(OCc3ccccc3)C2OCc2ccccc2)OC(CO)[C@H](O)[C@@H]1O. The number of rotatable bonds is 29. The Kier molecular flexibility index (Phi) is 24.7. The van der Waals surface area contributed by atoms with Gasteiger partial charge in [-0.1, -0.05) is 219 Å². The van der Waals surface area contributed by atoms with Gasteiger partial charge in [-0.3, -0.25) is 0 Å². The molecule has 4 fully saturated rings. The van der Waals surface area contributed by atoms with Crippen molar-refractivity contribution >= 4 is 0 Å². The Morgan fingerprint density at radius 2 is 0.609 bits per heavy atom. The maximum Gasteiger partial charge on any atom is 0.187 e. The van der Waals surface area contributed by atoms with Crippen molar-refractivity contribution in [2.45, 2.75) is 190 Å². The molecule has 0 aliphatic carbocycles. The van der Waals surface area contributed by atoms with Crippen LogP contribution in [0.2, 0.25) is 0 Å². The van der Waals surface area contributed by atoms with Crippen LogP contribution >= 0.6 is 0 Å². The van der Waals surface area contributed by atoms with E-state index in [1.54, 1.807) is 6.92 Å². The monoisotopic (exact) mass is 1260 g/mol. The molecule has 4 aliphatic heterocycles. The summed E-state index contributed by atoms with van der Waals surface area (Å²) in [5.74, 6) is -0.870. The van der Waals surface area contributed by atoms with Crippen molar-refractivity contribution in [1.29, 1.82) is 0 Å². The molecule has 0 amide bonds. The van der Waals surface area contributed by atoms with Crippen LogP contribution in [-0.2, 0) is 113 Å². The van der Waals surface area contributed by atoms with Gasteiger partial charge in [-0.15, -0.1) is 0 Å². The zero-order valence-corrected chi connectivity index (χ0v) is 52.7. The van der Waals surface area contributed by atoms with Gasteiger partial charge >= 0.3 is 0 Å². The highest BCUT2D eigenvalue weighted by molar-refractivity contribution is 5.19. The largest absolute Gasteiger partial charge is 0.394 e. The summed E-state index contributed by atoms with van der Waals surface area (Å²) in [6.07, 6.45) is -19.2. The lowest BCUT2D eigenvalue weighted by Gasteiger charge is -2.52. The van der Waals surface area contributed by atoms with Crippen molar-refractivity contribution in [1.82, 2.24) is 0 Å². The predicted molar refractivity (Wildman–Crippen MR) is 341 cm³/mol. The number of aliphatic hydroxyl groups is 3. The topological polar surface area (TPSA) is 190 Å². The Bertz CT molecular complexity index is 3180. The molecule has 3 N–H and O–H groups in total. The second-order valence-electron chi connectivity index (χ2n) is 24.2. The average Bonchev–Trinajstić information content (AvgIpc) is 0.892. The van der Waals surface area contributed by atoms with Crippen LogP contribution in [0.15, 0.2) is 212 Å². The van der Waals surface area contributed by atoms with Crippen molar-refractivity contribution < 1.29 is 81.6 Å². The van der Waals surface area contributed by atoms with E-state index in [0.717, 1.165) is 38.9 Å². The smallest absolute Gasteiger partial charge is 0.187 e. The third kappa shape index (κ3) is 17.8. The fourth-order valence-corrected chi connectivity index (χ4v) is 12.4. The second kappa shape index (κ2) is 33.8. The lowest BCUT2D eigenvalue weighted by atomic mass is 9.92. The molecule has 0 bridgehead atoms. The van der Waals surface area contributed by atoms with Crippen LogP contribution in [0, 0.1) is 5.92 Å². The van der Waals surface area contributed by atoms with Gasteiger partial charge in [0.2, 0.25) is 0 Å². The lowest BCUT2D eigenvalue weighted by molar-refractivity contribution is -0.404. The maximum absolute atomic E-state index is 11.7. The van der Waals surface area contributed by atoms with Crippen LogP contribution < -0.4 is 0 Å². The molecule has 11 rings (SSSR count). The van der Waals surface area contributed by atoms with Crippen molar-refractivity contribution in [3.05, 3.63) is 251 Å². The summed E-state index contributed by atoms with van der Waals surface area (Å²) >= 11 is 0. The molecule has 4 saturated heterocycles. The van der Waals surface area contributed by atoms with E-state index < -0.39 is 129 Å².